The Hall–Kier alpha value is -2.56. The summed E-state index contributed by atoms with van der Waals surface area (Å²) in [5.74, 6) is 0.654. The van der Waals surface area contributed by atoms with Crippen molar-refractivity contribution in [1.82, 2.24) is 4.57 Å². The minimum atomic E-state index is -0.0943. The summed E-state index contributed by atoms with van der Waals surface area (Å²) in [6.45, 7) is 0. The summed E-state index contributed by atoms with van der Waals surface area (Å²) in [5, 5.41) is 10.1. The molecule has 0 spiro atoms. The normalized spacial score (nSPS) is 11.4. The van der Waals surface area contributed by atoms with E-state index in [1.54, 1.807) is 38.5 Å². The van der Waals surface area contributed by atoms with Gasteiger partial charge in [-0.05, 0) is 18.2 Å². The third-order valence-electron chi connectivity index (χ3n) is 3.04. The Balaban J connectivity index is 2.53. The van der Waals surface area contributed by atoms with Crippen LogP contribution in [0.15, 0.2) is 46.3 Å². The Labute approximate surface area is 116 Å². The molecule has 0 bridgehead atoms. The molecular formula is C15H16N2O3. The van der Waals surface area contributed by atoms with Crippen molar-refractivity contribution in [2.45, 2.75) is 0 Å². The van der Waals surface area contributed by atoms with Gasteiger partial charge in [0.1, 0.15) is 11.5 Å². The average Bonchev–Trinajstić information content (AvgIpc) is 2.45. The van der Waals surface area contributed by atoms with Gasteiger partial charge in [-0.15, -0.1) is 0 Å². The Morgan fingerprint density at radius 2 is 2.05 bits per heavy atom. The van der Waals surface area contributed by atoms with E-state index in [0.29, 0.717) is 17.0 Å². The number of nitrogens with zero attached hydrogens (tertiary/aromatic N) is 2. The highest BCUT2D eigenvalue weighted by atomic mass is 16.5. The maximum absolute atomic E-state index is 11.4. The maximum atomic E-state index is 11.4. The molecule has 0 saturated carbocycles. The first kappa shape index (κ1) is 13.9. The molecule has 20 heavy (non-hydrogen) atoms. The highest BCUT2D eigenvalue weighted by Crippen LogP contribution is 2.25. The Morgan fingerprint density at radius 1 is 1.30 bits per heavy atom. The number of hydrogen-bond acceptors (Lipinski definition) is 4. The van der Waals surface area contributed by atoms with Crippen molar-refractivity contribution in [3.05, 3.63) is 58.0 Å². The van der Waals surface area contributed by atoms with Crippen molar-refractivity contribution in [2.75, 3.05) is 14.2 Å². The highest BCUT2D eigenvalue weighted by molar-refractivity contribution is 6.14. The van der Waals surface area contributed by atoms with Crippen molar-refractivity contribution < 1.29 is 9.84 Å². The summed E-state index contributed by atoms with van der Waals surface area (Å²) in [6, 6.07) is 8.18. The third-order valence-corrected chi connectivity index (χ3v) is 3.04. The van der Waals surface area contributed by atoms with Crippen molar-refractivity contribution in [2.24, 2.45) is 12.0 Å². The lowest BCUT2D eigenvalue weighted by Crippen LogP contribution is -2.17. The fraction of sp³-hybridized carbons (Fsp3) is 0.200. The smallest absolute Gasteiger partial charge is 0.250 e. The number of methoxy groups -OCH3 is 1. The van der Waals surface area contributed by atoms with Crippen LogP contribution in [0.1, 0.15) is 11.1 Å². The molecule has 2 aromatic rings. The Morgan fingerprint density at radius 3 is 2.60 bits per heavy atom. The molecular weight excluding hydrogens is 256 g/mol. The number of phenolic OH excluding ortho intramolecular Hbond substituents is 1. The van der Waals surface area contributed by atoms with Crippen molar-refractivity contribution in [3.63, 3.8) is 0 Å². The number of aromatic hydroxyl groups is 1. The number of hydrogen-bond donors (Lipinski definition) is 1. The third kappa shape index (κ3) is 2.56. The molecule has 0 saturated heterocycles. The second kappa shape index (κ2) is 5.61. The summed E-state index contributed by atoms with van der Waals surface area (Å²) in [5.41, 5.74) is 1.87. The molecule has 0 unspecified atom stereocenters. The zero-order chi connectivity index (χ0) is 14.7. The standard InChI is InChI=1S/C15H16N2O3/c1-16-15(10-4-7-14(19)17(2)9-10)12-6-5-11(20-3)8-13(12)18/h4-9,18H,1-3H3. The summed E-state index contributed by atoms with van der Waals surface area (Å²) in [4.78, 5) is 15.6. The van der Waals surface area contributed by atoms with E-state index < -0.39 is 0 Å². The second-order valence-corrected chi connectivity index (χ2v) is 4.32. The van der Waals surface area contributed by atoms with Gasteiger partial charge in [0.15, 0.2) is 0 Å². The molecule has 0 aliphatic carbocycles. The van der Waals surface area contributed by atoms with Gasteiger partial charge in [-0.25, -0.2) is 0 Å². The van der Waals surface area contributed by atoms with Crippen molar-refractivity contribution >= 4 is 5.71 Å². The second-order valence-electron chi connectivity index (χ2n) is 4.32. The zero-order valence-electron chi connectivity index (χ0n) is 11.6. The zero-order valence-corrected chi connectivity index (χ0v) is 11.6. The maximum Gasteiger partial charge on any atom is 0.250 e. The van der Waals surface area contributed by atoms with Crippen LogP contribution < -0.4 is 10.3 Å². The molecule has 0 aliphatic rings. The summed E-state index contributed by atoms with van der Waals surface area (Å²) in [7, 11) is 4.85. The van der Waals surface area contributed by atoms with Gasteiger partial charge in [-0.1, -0.05) is 0 Å². The minimum Gasteiger partial charge on any atom is -0.507 e. The molecule has 0 amide bonds. The molecule has 5 nitrogen and oxygen atoms in total. The predicted octanol–water partition coefficient (Wildman–Crippen LogP) is 1.57. The number of aryl methyl sites for hydroxylation is 1. The van der Waals surface area contributed by atoms with E-state index in [9.17, 15) is 9.90 Å². The number of benzene rings is 1. The molecule has 0 fully saturated rings. The first-order chi connectivity index (χ1) is 9.56. The Bertz CT molecular complexity index is 717. The number of rotatable bonds is 3. The number of aromatic nitrogens is 1. The van der Waals surface area contributed by atoms with Gasteiger partial charge < -0.3 is 14.4 Å². The molecule has 5 heteroatoms. The van der Waals surface area contributed by atoms with Gasteiger partial charge in [-0.2, -0.15) is 0 Å². The van der Waals surface area contributed by atoms with Gasteiger partial charge >= 0.3 is 0 Å². The van der Waals surface area contributed by atoms with Crippen LogP contribution in [0, 0.1) is 0 Å². The molecule has 1 aromatic heterocycles. The average molecular weight is 272 g/mol. The lowest BCUT2D eigenvalue weighted by molar-refractivity contribution is 0.407. The van der Waals surface area contributed by atoms with Crippen LogP contribution in [0.3, 0.4) is 0 Å². The van der Waals surface area contributed by atoms with Crippen molar-refractivity contribution in [3.8, 4) is 11.5 Å². The predicted molar refractivity (Wildman–Crippen MR) is 77.9 cm³/mol. The number of phenols is 1. The van der Waals surface area contributed by atoms with Gasteiger partial charge in [0.2, 0.25) is 5.56 Å². The number of pyridine rings is 1. The van der Waals surface area contributed by atoms with E-state index in [4.69, 9.17) is 4.74 Å². The highest BCUT2D eigenvalue weighted by Gasteiger charge is 2.12. The minimum absolute atomic E-state index is 0.0822. The lowest BCUT2D eigenvalue weighted by atomic mass is 10.0. The topological polar surface area (TPSA) is 63.8 Å². The van der Waals surface area contributed by atoms with Crippen LogP contribution in [0.4, 0.5) is 0 Å². The van der Waals surface area contributed by atoms with E-state index >= 15 is 0 Å². The van der Waals surface area contributed by atoms with Crippen molar-refractivity contribution in [1.29, 1.82) is 0 Å². The molecule has 1 N–H and O–H groups in total. The van der Waals surface area contributed by atoms with Crippen LogP contribution >= 0.6 is 0 Å². The molecule has 2 rings (SSSR count). The van der Waals surface area contributed by atoms with E-state index in [1.807, 2.05) is 0 Å². The first-order valence-corrected chi connectivity index (χ1v) is 6.08. The first-order valence-electron chi connectivity index (χ1n) is 6.08. The van der Waals surface area contributed by atoms with Crippen LogP contribution in [0.25, 0.3) is 0 Å². The van der Waals surface area contributed by atoms with Crippen LogP contribution in [-0.2, 0) is 7.05 Å². The Kier molecular flexibility index (Phi) is 3.89. The molecule has 1 aromatic carbocycles. The van der Waals surface area contributed by atoms with E-state index in [0.717, 1.165) is 5.56 Å². The summed E-state index contributed by atoms with van der Waals surface area (Å²) in [6.07, 6.45) is 1.69. The number of aliphatic imine (C=N–C) groups is 1. The van der Waals surface area contributed by atoms with Gasteiger partial charge in [0, 0.05) is 43.6 Å². The molecule has 0 atom stereocenters. The van der Waals surface area contributed by atoms with Gasteiger partial charge in [0.05, 0.1) is 12.8 Å². The van der Waals surface area contributed by atoms with Crippen LogP contribution in [-0.4, -0.2) is 29.5 Å². The van der Waals surface area contributed by atoms with E-state index in [-0.39, 0.29) is 11.3 Å². The molecule has 1 heterocycles. The van der Waals surface area contributed by atoms with Gasteiger partial charge in [0.25, 0.3) is 0 Å². The van der Waals surface area contributed by atoms with Gasteiger partial charge in [-0.3, -0.25) is 9.79 Å². The largest absolute Gasteiger partial charge is 0.507 e. The van der Waals surface area contributed by atoms with Crippen LogP contribution in [0.2, 0.25) is 0 Å². The van der Waals surface area contributed by atoms with E-state index in [2.05, 4.69) is 4.99 Å². The molecule has 0 aliphatic heterocycles. The summed E-state index contributed by atoms with van der Waals surface area (Å²) < 4.78 is 6.53. The summed E-state index contributed by atoms with van der Waals surface area (Å²) >= 11 is 0. The van der Waals surface area contributed by atoms with E-state index in [1.165, 1.54) is 23.8 Å². The SMILES string of the molecule is CN=C(c1ccc(=O)n(C)c1)c1ccc(OC)cc1O. The lowest BCUT2D eigenvalue weighted by Gasteiger charge is -2.10. The quantitative estimate of drug-likeness (QED) is 0.863. The fourth-order valence-corrected chi connectivity index (χ4v) is 1.98. The monoisotopic (exact) mass is 272 g/mol. The number of ether oxygens (including phenoxy) is 1. The molecule has 0 radical (unpaired) electrons. The fourth-order valence-electron chi connectivity index (χ4n) is 1.98. The van der Waals surface area contributed by atoms with Crippen LogP contribution in [0.5, 0.6) is 11.5 Å². The molecule has 104 valence electrons.